The monoisotopic (exact) mass is 418 g/mol. The second-order valence-electron chi connectivity index (χ2n) is 4.50. The summed E-state index contributed by atoms with van der Waals surface area (Å²) in [6.07, 6.45) is 0. The van der Waals surface area contributed by atoms with Crippen LogP contribution in [0.15, 0.2) is 64.4 Å². The van der Waals surface area contributed by atoms with E-state index in [0.717, 1.165) is 3.33 Å². The van der Waals surface area contributed by atoms with Crippen LogP contribution in [-0.4, -0.2) is 23.4 Å². The molecule has 6 nitrogen and oxygen atoms in total. The van der Waals surface area contributed by atoms with E-state index in [2.05, 4.69) is 20.9 Å². The van der Waals surface area contributed by atoms with E-state index in [0.29, 0.717) is 0 Å². The zero-order valence-electron chi connectivity index (χ0n) is 12.2. The van der Waals surface area contributed by atoms with Gasteiger partial charge in [0.1, 0.15) is 4.90 Å². The van der Waals surface area contributed by atoms with Gasteiger partial charge in [-0.25, -0.2) is 21.6 Å². The van der Waals surface area contributed by atoms with Crippen LogP contribution in [0.1, 0.15) is 6.92 Å². The number of benzene rings is 2. The minimum atomic E-state index is -3.93. The molecule has 0 aliphatic carbocycles. The second kappa shape index (κ2) is 7.00. The van der Waals surface area contributed by atoms with Crippen molar-refractivity contribution in [1.82, 2.24) is 4.72 Å². The number of sulfonamides is 2. The number of para-hydroxylation sites is 1. The van der Waals surface area contributed by atoms with Crippen molar-refractivity contribution < 1.29 is 16.8 Å². The number of anilines is 1. The molecule has 0 unspecified atom stereocenters. The molecule has 0 amide bonds. The van der Waals surface area contributed by atoms with Gasteiger partial charge in [0.2, 0.25) is 10.0 Å². The molecule has 0 aromatic heterocycles. The topological polar surface area (TPSA) is 83.6 Å². The fraction of sp³-hybridized carbons (Fsp3) is 0.143. The lowest BCUT2D eigenvalue weighted by atomic mass is 10.3. The molecule has 0 saturated carbocycles. The minimum absolute atomic E-state index is 0.0114. The lowest BCUT2D eigenvalue weighted by Gasteiger charge is -2.19. The fourth-order valence-corrected chi connectivity index (χ4v) is 5.23. The summed E-state index contributed by atoms with van der Waals surface area (Å²) in [5.74, 6) is 0. The maximum absolute atomic E-state index is 12.6. The van der Waals surface area contributed by atoms with E-state index in [1.807, 2.05) is 0 Å². The molecule has 0 saturated heterocycles. The van der Waals surface area contributed by atoms with Crippen LogP contribution in [0.2, 0.25) is 0 Å². The molecule has 2 aromatic carbocycles. The Morgan fingerprint density at radius 2 is 1.52 bits per heavy atom. The van der Waals surface area contributed by atoms with Crippen molar-refractivity contribution in [3.63, 3.8) is 0 Å². The summed E-state index contributed by atoms with van der Waals surface area (Å²) in [7, 11) is -7.75. The predicted molar refractivity (Wildman–Crippen MR) is 92.3 cm³/mol. The molecule has 0 aliphatic rings. The Hall–Kier alpha value is -1.42. The third-order valence-electron chi connectivity index (χ3n) is 2.93. The summed E-state index contributed by atoms with van der Waals surface area (Å²) in [6, 6.07) is 13.6. The quantitative estimate of drug-likeness (QED) is 0.730. The van der Waals surface area contributed by atoms with Gasteiger partial charge in [-0.3, -0.25) is 0 Å². The standard InChI is InChI=1S/C14H15BrN2O4S2/c1-2-16-22(18,19)14-11-7-6-10-13(14)17(15)23(20,21)12-8-4-3-5-9-12/h3-11,16H,2H2,1H3. The molecule has 23 heavy (non-hydrogen) atoms. The van der Waals surface area contributed by atoms with Crippen LogP contribution in [0.3, 0.4) is 0 Å². The highest BCUT2D eigenvalue weighted by molar-refractivity contribution is 9.11. The average Bonchev–Trinajstić information content (AvgIpc) is 2.55. The number of nitrogens with one attached hydrogen (secondary N) is 1. The summed E-state index contributed by atoms with van der Waals surface area (Å²) in [6.45, 7) is 1.84. The van der Waals surface area contributed by atoms with Crippen LogP contribution in [0.25, 0.3) is 0 Å². The van der Waals surface area contributed by atoms with Gasteiger partial charge >= 0.3 is 0 Å². The van der Waals surface area contributed by atoms with E-state index in [1.54, 1.807) is 31.2 Å². The van der Waals surface area contributed by atoms with Crippen molar-refractivity contribution in [2.45, 2.75) is 16.7 Å². The molecular weight excluding hydrogens is 404 g/mol. The molecule has 0 bridgehead atoms. The van der Waals surface area contributed by atoms with Gasteiger partial charge in [0.05, 0.1) is 26.7 Å². The van der Waals surface area contributed by atoms with Gasteiger partial charge < -0.3 is 0 Å². The Bertz CT molecular complexity index is 884. The highest BCUT2D eigenvalue weighted by Gasteiger charge is 2.28. The van der Waals surface area contributed by atoms with Gasteiger partial charge in [-0.15, -0.1) is 0 Å². The third kappa shape index (κ3) is 3.74. The maximum atomic E-state index is 12.6. The van der Waals surface area contributed by atoms with Gasteiger partial charge in [-0.1, -0.05) is 37.3 Å². The number of hydrogen-bond donors (Lipinski definition) is 1. The Labute approximate surface area is 144 Å². The average molecular weight is 419 g/mol. The highest BCUT2D eigenvalue weighted by atomic mass is 79.9. The van der Waals surface area contributed by atoms with Crippen LogP contribution in [0.4, 0.5) is 5.69 Å². The van der Waals surface area contributed by atoms with E-state index in [4.69, 9.17) is 0 Å². The number of nitrogens with zero attached hydrogens (tertiary/aromatic N) is 1. The van der Waals surface area contributed by atoms with Gasteiger partial charge in [-0.2, -0.15) is 3.33 Å². The van der Waals surface area contributed by atoms with Gasteiger partial charge in [0.25, 0.3) is 10.0 Å². The fourth-order valence-electron chi connectivity index (χ4n) is 1.91. The van der Waals surface area contributed by atoms with Crippen molar-refractivity contribution in [2.24, 2.45) is 0 Å². The van der Waals surface area contributed by atoms with E-state index in [9.17, 15) is 16.8 Å². The molecule has 0 fully saturated rings. The maximum Gasteiger partial charge on any atom is 0.273 e. The van der Waals surface area contributed by atoms with Gasteiger partial charge in [0.15, 0.2) is 0 Å². The Kier molecular flexibility index (Phi) is 5.45. The number of hydrogen-bond acceptors (Lipinski definition) is 4. The number of rotatable bonds is 6. The molecule has 0 radical (unpaired) electrons. The SMILES string of the molecule is CCNS(=O)(=O)c1ccccc1N(Br)S(=O)(=O)c1ccccc1. The normalized spacial score (nSPS) is 12.1. The molecule has 2 rings (SSSR count). The van der Waals surface area contributed by atoms with E-state index >= 15 is 0 Å². The molecule has 0 atom stereocenters. The van der Waals surface area contributed by atoms with E-state index < -0.39 is 20.0 Å². The Balaban J connectivity index is 2.56. The van der Waals surface area contributed by atoms with Gasteiger partial charge in [0, 0.05) is 6.54 Å². The van der Waals surface area contributed by atoms with Crippen LogP contribution in [0, 0.1) is 0 Å². The second-order valence-corrected chi connectivity index (χ2v) is 9.20. The summed E-state index contributed by atoms with van der Waals surface area (Å²) in [4.78, 5) is -0.0780. The smallest absolute Gasteiger partial charge is 0.211 e. The minimum Gasteiger partial charge on any atom is -0.211 e. The first-order valence-electron chi connectivity index (χ1n) is 6.65. The molecule has 2 aromatic rings. The van der Waals surface area contributed by atoms with Crippen molar-refractivity contribution in [3.05, 3.63) is 54.6 Å². The van der Waals surface area contributed by atoms with E-state index in [1.165, 1.54) is 30.3 Å². The first kappa shape index (κ1) is 17.9. The predicted octanol–water partition coefficient (Wildman–Crippen LogP) is 2.49. The number of halogens is 1. The molecule has 0 heterocycles. The van der Waals surface area contributed by atoms with Crippen molar-refractivity contribution in [3.8, 4) is 0 Å². The molecule has 0 spiro atoms. The zero-order chi connectivity index (χ0) is 17.1. The largest absolute Gasteiger partial charge is 0.273 e. The summed E-state index contributed by atoms with van der Waals surface area (Å²) in [5.41, 5.74) is 0.0114. The first-order valence-corrected chi connectivity index (χ1v) is 10.3. The lowest BCUT2D eigenvalue weighted by Crippen LogP contribution is -2.27. The molecule has 9 heteroatoms. The Morgan fingerprint density at radius 3 is 2.13 bits per heavy atom. The third-order valence-corrected chi connectivity index (χ3v) is 7.54. The summed E-state index contributed by atoms with van der Waals surface area (Å²) >= 11 is 2.99. The highest BCUT2D eigenvalue weighted by Crippen LogP contribution is 2.32. The molecule has 1 N–H and O–H groups in total. The molecule has 0 aliphatic heterocycles. The Morgan fingerprint density at radius 1 is 0.957 bits per heavy atom. The zero-order valence-corrected chi connectivity index (χ0v) is 15.4. The van der Waals surface area contributed by atoms with Crippen molar-refractivity contribution in [1.29, 1.82) is 0 Å². The van der Waals surface area contributed by atoms with Crippen LogP contribution < -0.4 is 8.05 Å². The first-order chi connectivity index (χ1) is 10.8. The van der Waals surface area contributed by atoms with Gasteiger partial charge in [-0.05, 0) is 24.3 Å². The van der Waals surface area contributed by atoms with Crippen LogP contribution in [0.5, 0.6) is 0 Å². The lowest BCUT2D eigenvalue weighted by molar-refractivity contribution is 0.584. The molecule has 124 valence electrons. The van der Waals surface area contributed by atoms with Crippen LogP contribution in [-0.2, 0) is 20.0 Å². The molecular formula is C14H15BrN2O4S2. The summed E-state index contributed by atoms with van der Waals surface area (Å²) < 4.78 is 52.9. The van der Waals surface area contributed by atoms with Crippen molar-refractivity contribution >= 4 is 41.9 Å². The van der Waals surface area contributed by atoms with Crippen molar-refractivity contribution in [2.75, 3.05) is 9.88 Å². The summed E-state index contributed by atoms with van der Waals surface area (Å²) in [5, 5.41) is 0. The van der Waals surface area contributed by atoms with E-state index in [-0.39, 0.29) is 22.0 Å². The van der Waals surface area contributed by atoms with Crippen LogP contribution >= 0.6 is 16.1 Å².